The van der Waals surface area contributed by atoms with Crippen molar-refractivity contribution in [1.82, 2.24) is 5.32 Å². The van der Waals surface area contributed by atoms with E-state index in [1.165, 1.54) is 0 Å². The lowest BCUT2D eigenvalue weighted by molar-refractivity contribution is -0.145. The summed E-state index contributed by atoms with van der Waals surface area (Å²) in [5, 5.41) is 13.1. The lowest BCUT2D eigenvalue weighted by Crippen LogP contribution is -2.39. The molecule has 9 heteroatoms. The molecule has 0 bridgehead atoms. The summed E-state index contributed by atoms with van der Waals surface area (Å²) in [4.78, 5) is 12.2. The molecule has 2 aromatic rings. The zero-order valence-corrected chi connectivity index (χ0v) is 23.8. The largest absolute Gasteiger partial charge is 0.506 e. The van der Waals surface area contributed by atoms with Crippen molar-refractivity contribution >= 4 is 96.3 Å². The predicted molar refractivity (Wildman–Crippen MR) is 143 cm³/mol. The van der Waals surface area contributed by atoms with Gasteiger partial charge in [-0.2, -0.15) is 0 Å². The molecule has 0 heterocycles. The van der Waals surface area contributed by atoms with Gasteiger partial charge in [-0.05, 0) is 140 Å². The van der Waals surface area contributed by atoms with Gasteiger partial charge >= 0.3 is 5.97 Å². The maximum atomic E-state index is 12.2. The maximum Gasteiger partial charge on any atom is 0.323 e. The number of benzene rings is 2. The standard InChI is InChI=1S/C19H19I4NO4/c1-3-24-16(19(26)27-4-2)7-10-5-14(22)18(15(23)6-10)28-11-8-12(20)17(25)13(21)9-11/h5-6,8-9,16,24-25H,3-4,7H2,1-2H3. The Morgan fingerprint density at radius 3 is 2.11 bits per heavy atom. The number of rotatable bonds is 8. The van der Waals surface area contributed by atoms with Crippen LogP contribution in [0, 0.1) is 14.3 Å². The van der Waals surface area contributed by atoms with Gasteiger partial charge in [-0.3, -0.25) is 4.79 Å². The van der Waals surface area contributed by atoms with Crippen LogP contribution < -0.4 is 10.1 Å². The van der Waals surface area contributed by atoms with Crippen LogP contribution in [0.3, 0.4) is 0 Å². The lowest BCUT2D eigenvalue weighted by atomic mass is 10.1. The van der Waals surface area contributed by atoms with Crippen LogP contribution in [0.25, 0.3) is 0 Å². The zero-order chi connectivity index (χ0) is 20.8. The molecule has 1 atom stereocenters. The number of aromatic hydroxyl groups is 1. The van der Waals surface area contributed by atoms with Crippen molar-refractivity contribution in [3.8, 4) is 17.2 Å². The van der Waals surface area contributed by atoms with E-state index in [0.717, 1.165) is 25.6 Å². The van der Waals surface area contributed by atoms with Crippen LogP contribution >= 0.6 is 90.4 Å². The molecule has 0 saturated heterocycles. The van der Waals surface area contributed by atoms with Gasteiger partial charge in [-0.1, -0.05) is 6.92 Å². The van der Waals surface area contributed by atoms with Crippen LogP contribution in [0.4, 0.5) is 0 Å². The molecule has 0 amide bonds. The first-order chi connectivity index (χ1) is 13.3. The zero-order valence-electron chi connectivity index (χ0n) is 15.2. The predicted octanol–water partition coefficient (Wildman–Crippen LogP) is 5.69. The Labute approximate surface area is 219 Å². The van der Waals surface area contributed by atoms with Gasteiger partial charge < -0.3 is 19.9 Å². The van der Waals surface area contributed by atoms with Crippen LogP contribution in [0.2, 0.25) is 0 Å². The number of hydrogen-bond acceptors (Lipinski definition) is 5. The van der Waals surface area contributed by atoms with E-state index in [1.54, 1.807) is 12.1 Å². The second kappa shape index (κ2) is 11.7. The lowest BCUT2D eigenvalue weighted by Gasteiger charge is -2.18. The number of esters is 1. The number of ether oxygens (including phenoxy) is 2. The van der Waals surface area contributed by atoms with Gasteiger partial charge in [-0.25, -0.2) is 0 Å². The van der Waals surface area contributed by atoms with Gasteiger partial charge in [0.05, 0.1) is 20.9 Å². The van der Waals surface area contributed by atoms with Crippen molar-refractivity contribution in [2.75, 3.05) is 13.2 Å². The third-order valence-electron chi connectivity index (χ3n) is 3.73. The fourth-order valence-corrected chi connectivity index (χ4v) is 6.34. The van der Waals surface area contributed by atoms with Gasteiger partial charge in [0.25, 0.3) is 0 Å². The molecule has 1 unspecified atom stereocenters. The number of phenols is 1. The highest BCUT2D eigenvalue weighted by atomic mass is 127. The number of hydrogen-bond donors (Lipinski definition) is 2. The highest BCUT2D eigenvalue weighted by molar-refractivity contribution is 14.1. The molecule has 2 rings (SSSR count). The molecule has 0 aliphatic carbocycles. The molecule has 2 aromatic carbocycles. The molecular formula is C19H19I4NO4. The van der Waals surface area contributed by atoms with Gasteiger partial charge in [0.2, 0.25) is 0 Å². The Bertz CT molecular complexity index is 814. The molecule has 0 radical (unpaired) electrons. The average Bonchev–Trinajstić information content (AvgIpc) is 2.62. The van der Waals surface area contributed by atoms with Crippen molar-refractivity contribution in [2.45, 2.75) is 26.3 Å². The first kappa shape index (κ1) is 24.7. The van der Waals surface area contributed by atoms with E-state index in [2.05, 4.69) is 95.7 Å². The third-order valence-corrected chi connectivity index (χ3v) is 6.98. The molecule has 5 nitrogen and oxygen atoms in total. The second-order valence-corrected chi connectivity index (χ2v) is 10.4. The quantitative estimate of drug-likeness (QED) is 0.265. The molecule has 0 saturated carbocycles. The number of carbonyl (C=O) groups is 1. The van der Waals surface area contributed by atoms with Crippen molar-refractivity contribution < 1.29 is 19.4 Å². The van der Waals surface area contributed by atoms with Crippen molar-refractivity contribution in [1.29, 1.82) is 0 Å². The fourth-order valence-electron chi connectivity index (χ4n) is 2.51. The van der Waals surface area contributed by atoms with Gasteiger partial charge in [0.15, 0.2) is 5.75 Å². The third kappa shape index (κ3) is 6.70. The van der Waals surface area contributed by atoms with Crippen molar-refractivity contribution in [3.63, 3.8) is 0 Å². The van der Waals surface area contributed by atoms with E-state index in [-0.39, 0.29) is 17.8 Å². The topological polar surface area (TPSA) is 67.8 Å². The SMILES string of the molecule is CCNC(Cc1cc(I)c(Oc2cc(I)c(O)c(I)c2)c(I)c1)C(=O)OCC. The number of halogens is 4. The number of likely N-dealkylation sites (N-methyl/N-ethyl adjacent to an activating group) is 1. The van der Waals surface area contributed by atoms with Gasteiger partial charge in [-0.15, -0.1) is 0 Å². The van der Waals surface area contributed by atoms with Gasteiger partial charge in [0, 0.05) is 0 Å². The normalized spacial score (nSPS) is 11.9. The van der Waals surface area contributed by atoms with Gasteiger partial charge in [0.1, 0.15) is 17.5 Å². The minimum Gasteiger partial charge on any atom is -0.506 e. The Morgan fingerprint density at radius 2 is 1.61 bits per heavy atom. The Hall–Kier alpha value is 0.390. The Kier molecular flexibility index (Phi) is 10.3. The molecule has 28 heavy (non-hydrogen) atoms. The molecule has 0 aliphatic heterocycles. The second-order valence-electron chi connectivity index (χ2n) is 5.79. The summed E-state index contributed by atoms with van der Waals surface area (Å²) in [6, 6.07) is 7.29. The number of carbonyl (C=O) groups excluding carboxylic acids is 1. The van der Waals surface area contributed by atoms with Crippen LogP contribution in [-0.4, -0.2) is 30.3 Å². The minimum absolute atomic E-state index is 0.233. The summed E-state index contributed by atoms with van der Waals surface area (Å²) in [7, 11) is 0. The van der Waals surface area contributed by atoms with E-state index in [1.807, 2.05) is 26.0 Å². The van der Waals surface area contributed by atoms with Crippen LogP contribution in [0.5, 0.6) is 17.2 Å². The fraction of sp³-hybridized carbons (Fsp3) is 0.316. The smallest absolute Gasteiger partial charge is 0.323 e. The molecular weight excluding hydrogens is 814 g/mol. The van der Waals surface area contributed by atoms with Crippen LogP contribution in [0.1, 0.15) is 19.4 Å². The first-order valence-corrected chi connectivity index (χ1v) is 12.8. The molecule has 0 fully saturated rings. The summed E-state index contributed by atoms with van der Waals surface area (Å²) in [5.41, 5.74) is 1.04. The Morgan fingerprint density at radius 1 is 1.04 bits per heavy atom. The van der Waals surface area contributed by atoms with Crippen molar-refractivity contribution in [2.24, 2.45) is 0 Å². The van der Waals surface area contributed by atoms with Crippen molar-refractivity contribution in [3.05, 3.63) is 44.1 Å². The molecule has 2 N–H and O–H groups in total. The van der Waals surface area contributed by atoms with E-state index < -0.39 is 0 Å². The highest BCUT2D eigenvalue weighted by Gasteiger charge is 2.21. The highest BCUT2D eigenvalue weighted by Crippen LogP contribution is 2.37. The average molecular weight is 833 g/mol. The number of phenolic OH excluding ortho intramolecular Hbond substituents is 1. The van der Waals surface area contributed by atoms with Crippen LogP contribution in [-0.2, 0) is 16.0 Å². The van der Waals surface area contributed by atoms with E-state index in [4.69, 9.17) is 9.47 Å². The summed E-state index contributed by atoms with van der Waals surface area (Å²) in [6.07, 6.45) is 0.550. The van der Waals surface area contributed by atoms with Crippen LogP contribution in [0.15, 0.2) is 24.3 Å². The summed E-state index contributed by atoms with van der Waals surface area (Å²) < 4.78 is 14.7. The molecule has 0 aromatic heterocycles. The maximum absolute atomic E-state index is 12.2. The molecule has 0 spiro atoms. The Balaban J connectivity index is 2.25. The van der Waals surface area contributed by atoms with E-state index >= 15 is 0 Å². The summed E-state index contributed by atoms with van der Waals surface area (Å²) >= 11 is 8.66. The minimum atomic E-state index is -0.372. The molecule has 152 valence electrons. The molecule has 0 aliphatic rings. The van der Waals surface area contributed by atoms with E-state index in [0.29, 0.717) is 25.3 Å². The summed E-state index contributed by atoms with van der Waals surface area (Å²) in [5.74, 6) is 1.47. The summed E-state index contributed by atoms with van der Waals surface area (Å²) in [6.45, 7) is 4.84. The monoisotopic (exact) mass is 833 g/mol. The number of nitrogens with one attached hydrogen (secondary N) is 1. The first-order valence-electron chi connectivity index (χ1n) is 8.50. The van der Waals surface area contributed by atoms with E-state index in [9.17, 15) is 9.90 Å².